The Morgan fingerprint density at radius 1 is 1.35 bits per heavy atom. The maximum atomic E-state index is 11.6. The fourth-order valence-corrected chi connectivity index (χ4v) is 1.76. The van der Waals surface area contributed by atoms with E-state index in [0.29, 0.717) is 0 Å². The van der Waals surface area contributed by atoms with E-state index in [0.717, 1.165) is 0 Å². The topological polar surface area (TPSA) is 84.9 Å². The van der Waals surface area contributed by atoms with Gasteiger partial charge in [0.15, 0.2) is 0 Å². The van der Waals surface area contributed by atoms with E-state index in [1.165, 1.54) is 7.11 Å². The molecule has 6 nitrogen and oxygen atoms in total. The first-order valence-electron chi connectivity index (χ1n) is 5.46. The normalized spacial score (nSPS) is 27.9. The maximum absolute atomic E-state index is 11.6. The Hall–Kier alpha value is -1.30. The summed E-state index contributed by atoms with van der Waals surface area (Å²) >= 11 is 0. The Kier molecular flexibility index (Phi) is 3.66. The molecule has 0 unspecified atom stereocenters. The molecule has 0 aromatic heterocycles. The summed E-state index contributed by atoms with van der Waals surface area (Å²) in [5, 5.41) is 11.7. The molecule has 17 heavy (non-hydrogen) atoms. The van der Waals surface area contributed by atoms with Crippen LogP contribution in [-0.2, 0) is 14.3 Å². The highest BCUT2D eigenvalue weighted by atomic mass is 16.6. The molecule has 2 N–H and O–H groups in total. The molecule has 0 atom stereocenters. The average molecular weight is 245 g/mol. The van der Waals surface area contributed by atoms with Gasteiger partial charge < -0.3 is 19.9 Å². The van der Waals surface area contributed by atoms with Crippen molar-refractivity contribution in [3.63, 3.8) is 0 Å². The van der Waals surface area contributed by atoms with Crippen LogP contribution in [0.3, 0.4) is 0 Å². The van der Waals surface area contributed by atoms with E-state index in [1.54, 1.807) is 20.8 Å². The fourth-order valence-electron chi connectivity index (χ4n) is 1.76. The van der Waals surface area contributed by atoms with Gasteiger partial charge in [0.25, 0.3) is 0 Å². The van der Waals surface area contributed by atoms with Gasteiger partial charge in [-0.15, -0.1) is 0 Å². The van der Waals surface area contributed by atoms with E-state index in [9.17, 15) is 14.7 Å². The molecule has 1 rings (SSSR count). The summed E-state index contributed by atoms with van der Waals surface area (Å²) in [7, 11) is 1.24. The van der Waals surface area contributed by atoms with Gasteiger partial charge in [-0.3, -0.25) is 0 Å². The smallest absolute Gasteiger partial charge is 0.408 e. The van der Waals surface area contributed by atoms with Crippen molar-refractivity contribution in [2.24, 2.45) is 0 Å². The zero-order valence-corrected chi connectivity index (χ0v) is 10.6. The van der Waals surface area contributed by atoms with Gasteiger partial charge in [0, 0.05) is 12.8 Å². The Labute approximate surface area is 100 Å². The van der Waals surface area contributed by atoms with Crippen molar-refractivity contribution in [2.75, 3.05) is 7.11 Å². The lowest BCUT2D eigenvalue weighted by atomic mass is 9.74. The molecule has 6 heteroatoms. The van der Waals surface area contributed by atoms with Gasteiger partial charge in [-0.25, -0.2) is 9.59 Å². The molecule has 0 bridgehead atoms. The summed E-state index contributed by atoms with van der Waals surface area (Å²) in [6.07, 6.45) is -0.975. The Bertz CT molecular complexity index is 314. The summed E-state index contributed by atoms with van der Waals surface area (Å²) in [5.74, 6) is -0.561. The molecular weight excluding hydrogens is 226 g/mol. The summed E-state index contributed by atoms with van der Waals surface area (Å²) in [6.45, 7) is 5.19. The summed E-state index contributed by atoms with van der Waals surface area (Å²) in [6, 6.07) is 0. The highest BCUT2D eigenvalue weighted by Gasteiger charge is 2.52. The third kappa shape index (κ3) is 3.33. The number of hydrogen-bond acceptors (Lipinski definition) is 5. The lowest BCUT2D eigenvalue weighted by Crippen LogP contribution is -2.65. The Morgan fingerprint density at radius 3 is 2.24 bits per heavy atom. The summed E-state index contributed by atoms with van der Waals surface area (Å²) < 4.78 is 9.68. The Morgan fingerprint density at radius 2 is 1.88 bits per heavy atom. The molecule has 0 heterocycles. The monoisotopic (exact) mass is 245 g/mol. The van der Waals surface area contributed by atoms with Crippen molar-refractivity contribution in [2.45, 2.75) is 50.9 Å². The number of methoxy groups -OCH3 is 1. The fraction of sp³-hybridized carbons (Fsp3) is 0.818. The van der Waals surface area contributed by atoms with Crippen LogP contribution in [0.15, 0.2) is 0 Å². The molecule has 0 radical (unpaired) electrons. The van der Waals surface area contributed by atoms with E-state index in [-0.39, 0.29) is 12.8 Å². The number of alkyl carbamates (subject to hydrolysis) is 1. The lowest BCUT2D eigenvalue weighted by molar-refractivity contribution is -0.158. The van der Waals surface area contributed by atoms with Crippen molar-refractivity contribution in [3.05, 3.63) is 0 Å². The molecule has 0 aliphatic heterocycles. The van der Waals surface area contributed by atoms with Crippen molar-refractivity contribution >= 4 is 12.1 Å². The number of nitrogens with one attached hydrogen (secondary N) is 1. The molecule has 1 aliphatic rings. The van der Waals surface area contributed by atoms with Crippen LogP contribution in [0, 0.1) is 0 Å². The number of amides is 1. The minimum absolute atomic E-state index is 0.152. The SMILES string of the molecule is COC(=O)[C@]1(NC(=O)OC(C)(C)C)C[C@@H](O)C1. The first kappa shape index (κ1) is 13.8. The molecule has 1 saturated carbocycles. The molecular formula is C11H19NO5. The summed E-state index contributed by atoms with van der Waals surface area (Å²) in [4.78, 5) is 23.1. The predicted molar refractivity (Wildman–Crippen MR) is 59.4 cm³/mol. The van der Waals surface area contributed by atoms with Crippen LogP contribution >= 0.6 is 0 Å². The minimum atomic E-state index is -1.14. The molecule has 1 amide bonds. The number of esters is 1. The highest BCUT2D eigenvalue weighted by Crippen LogP contribution is 2.33. The van der Waals surface area contributed by atoms with Crippen LogP contribution in [0.5, 0.6) is 0 Å². The van der Waals surface area contributed by atoms with E-state index < -0.39 is 29.3 Å². The number of carbonyl (C=O) groups excluding carboxylic acids is 2. The van der Waals surface area contributed by atoms with E-state index >= 15 is 0 Å². The second kappa shape index (κ2) is 4.52. The summed E-state index contributed by atoms with van der Waals surface area (Å²) in [5.41, 5.74) is -1.78. The second-order valence-electron chi connectivity index (χ2n) is 5.26. The molecule has 1 aliphatic carbocycles. The number of aliphatic hydroxyl groups excluding tert-OH is 1. The van der Waals surface area contributed by atoms with Gasteiger partial charge in [-0.2, -0.15) is 0 Å². The van der Waals surface area contributed by atoms with Crippen molar-refractivity contribution < 1.29 is 24.2 Å². The minimum Gasteiger partial charge on any atom is -0.467 e. The van der Waals surface area contributed by atoms with Crippen LogP contribution in [0.2, 0.25) is 0 Å². The number of carbonyl (C=O) groups is 2. The van der Waals surface area contributed by atoms with Gasteiger partial charge in [-0.1, -0.05) is 0 Å². The average Bonchev–Trinajstić information content (AvgIpc) is 2.10. The van der Waals surface area contributed by atoms with Gasteiger partial charge in [0.2, 0.25) is 0 Å². The molecule has 0 saturated heterocycles. The van der Waals surface area contributed by atoms with E-state index in [1.807, 2.05) is 0 Å². The molecule has 98 valence electrons. The third-order valence-electron chi connectivity index (χ3n) is 2.48. The predicted octanol–water partition coefficient (Wildman–Crippen LogP) is 0.578. The number of aliphatic hydroxyl groups is 1. The van der Waals surface area contributed by atoms with Crippen LogP contribution < -0.4 is 5.32 Å². The number of rotatable bonds is 2. The second-order valence-corrected chi connectivity index (χ2v) is 5.26. The molecule has 0 aromatic rings. The molecule has 0 aromatic carbocycles. The third-order valence-corrected chi connectivity index (χ3v) is 2.48. The molecule has 0 spiro atoms. The van der Waals surface area contributed by atoms with Gasteiger partial charge >= 0.3 is 12.1 Å². The van der Waals surface area contributed by atoms with Crippen LogP contribution in [0.25, 0.3) is 0 Å². The van der Waals surface area contributed by atoms with Crippen molar-refractivity contribution in [1.29, 1.82) is 0 Å². The van der Waals surface area contributed by atoms with E-state index in [4.69, 9.17) is 4.74 Å². The van der Waals surface area contributed by atoms with Crippen molar-refractivity contribution in [1.82, 2.24) is 5.32 Å². The van der Waals surface area contributed by atoms with Gasteiger partial charge in [0.05, 0.1) is 13.2 Å². The van der Waals surface area contributed by atoms with E-state index in [2.05, 4.69) is 10.1 Å². The first-order valence-corrected chi connectivity index (χ1v) is 5.46. The van der Waals surface area contributed by atoms with Crippen LogP contribution in [0.4, 0.5) is 4.79 Å². The lowest BCUT2D eigenvalue weighted by Gasteiger charge is -2.42. The highest BCUT2D eigenvalue weighted by molar-refractivity contribution is 5.87. The standard InChI is InChI=1S/C11H19NO5/c1-10(2,3)17-9(15)12-11(8(14)16-4)5-7(13)6-11/h7,13H,5-6H2,1-4H3,(H,12,15)/t7-,11+. The molecule has 1 fully saturated rings. The largest absolute Gasteiger partial charge is 0.467 e. The Balaban J connectivity index is 2.63. The van der Waals surface area contributed by atoms with Crippen LogP contribution in [0.1, 0.15) is 33.6 Å². The van der Waals surface area contributed by atoms with Gasteiger partial charge in [-0.05, 0) is 20.8 Å². The first-order chi connectivity index (χ1) is 7.68. The van der Waals surface area contributed by atoms with Crippen molar-refractivity contribution in [3.8, 4) is 0 Å². The van der Waals surface area contributed by atoms with Gasteiger partial charge in [0.1, 0.15) is 11.1 Å². The zero-order chi connectivity index (χ0) is 13.3. The maximum Gasteiger partial charge on any atom is 0.408 e. The van der Waals surface area contributed by atoms with Crippen LogP contribution in [-0.4, -0.2) is 41.5 Å². The zero-order valence-electron chi connectivity index (χ0n) is 10.6. The number of hydrogen-bond donors (Lipinski definition) is 2. The number of ether oxygens (including phenoxy) is 2. The quantitative estimate of drug-likeness (QED) is 0.695.